The van der Waals surface area contributed by atoms with E-state index in [1.807, 2.05) is 13.8 Å². The SMILES string of the molecule is CC(C)c1cnn(C)c(=O)c1F. The van der Waals surface area contributed by atoms with E-state index < -0.39 is 11.4 Å². The van der Waals surface area contributed by atoms with Gasteiger partial charge in [-0.15, -0.1) is 0 Å². The second kappa shape index (κ2) is 3.05. The Balaban J connectivity index is 3.37. The minimum absolute atomic E-state index is 0.00796. The average Bonchev–Trinajstić information content (AvgIpc) is 2.00. The van der Waals surface area contributed by atoms with E-state index in [1.165, 1.54) is 13.2 Å². The van der Waals surface area contributed by atoms with Crippen LogP contribution in [0.3, 0.4) is 0 Å². The zero-order valence-corrected chi connectivity index (χ0v) is 7.34. The van der Waals surface area contributed by atoms with Gasteiger partial charge in [0.1, 0.15) is 0 Å². The van der Waals surface area contributed by atoms with Gasteiger partial charge in [-0.05, 0) is 5.92 Å². The quantitative estimate of drug-likeness (QED) is 0.631. The third-order valence-corrected chi connectivity index (χ3v) is 1.73. The number of halogens is 1. The molecule has 0 saturated carbocycles. The van der Waals surface area contributed by atoms with Crippen LogP contribution in [0, 0.1) is 5.82 Å². The highest BCUT2D eigenvalue weighted by atomic mass is 19.1. The van der Waals surface area contributed by atoms with Crippen molar-refractivity contribution in [1.82, 2.24) is 9.78 Å². The standard InChI is InChI=1S/C8H11FN2O/c1-5(2)6-4-10-11(3)8(12)7(6)9/h4-5H,1-3H3. The van der Waals surface area contributed by atoms with E-state index >= 15 is 0 Å². The fourth-order valence-electron chi connectivity index (χ4n) is 0.926. The fraction of sp³-hybridized carbons (Fsp3) is 0.500. The first kappa shape index (κ1) is 8.90. The molecule has 1 heterocycles. The summed E-state index contributed by atoms with van der Waals surface area (Å²) in [6.07, 6.45) is 1.39. The molecule has 1 aromatic heterocycles. The van der Waals surface area contributed by atoms with Gasteiger partial charge in [0.25, 0.3) is 0 Å². The summed E-state index contributed by atoms with van der Waals surface area (Å²) < 4.78 is 14.1. The molecule has 0 saturated heterocycles. The first-order chi connectivity index (χ1) is 5.54. The Morgan fingerprint density at radius 2 is 2.17 bits per heavy atom. The summed E-state index contributed by atoms with van der Waals surface area (Å²) in [4.78, 5) is 11.0. The van der Waals surface area contributed by atoms with Crippen molar-refractivity contribution in [3.8, 4) is 0 Å². The normalized spacial score (nSPS) is 10.8. The number of hydrogen-bond acceptors (Lipinski definition) is 2. The largest absolute Gasteiger partial charge is 0.302 e. The van der Waals surface area contributed by atoms with Gasteiger partial charge < -0.3 is 0 Å². The lowest BCUT2D eigenvalue weighted by Gasteiger charge is -2.05. The van der Waals surface area contributed by atoms with E-state index in [0.29, 0.717) is 5.56 Å². The van der Waals surface area contributed by atoms with Crippen LogP contribution in [0.4, 0.5) is 4.39 Å². The van der Waals surface area contributed by atoms with Crippen LogP contribution in [0.5, 0.6) is 0 Å². The molecular formula is C8H11FN2O. The summed E-state index contributed by atoms with van der Waals surface area (Å²) in [7, 11) is 1.43. The van der Waals surface area contributed by atoms with Crippen molar-refractivity contribution >= 4 is 0 Å². The molecule has 0 bridgehead atoms. The van der Waals surface area contributed by atoms with Gasteiger partial charge in [-0.2, -0.15) is 5.10 Å². The van der Waals surface area contributed by atoms with Crippen molar-refractivity contribution in [3.05, 3.63) is 27.9 Å². The van der Waals surface area contributed by atoms with E-state index in [2.05, 4.69) is 5.10 Å². The molecule has 1 rings (SSSR count). The lowest BCUT2D eigenvalue weighted by Crippen LogP contribution is -2.24. The Morgan fingerprint density at radius 3 is 2.67 bits per heavy atom. The zero-order valence-electron chi connectivity index (χ0n) is 7.34. The Morgan fingerprint density at radius 1 is 1.58 bits per heavy atom. The number of aryl methyl sites for hydroxylation is 1. The third-order valence-electron chi connectivity index (χ3n) is 1.73. The van der Waals surface area contributed by atoms with Gasteiger partial charge in [-0.25, -0.2) is 9.07 Å². The first-order valence-corrected chi connectivity index (χ1v) is 3.75. The van der Waals surface area contributed by atoms with Gasteiger partial charge in [0.15, 0.2) is 5.82 Å². The van der Waals surface area contributed by atoms with Crippen molar-refractivity contribution in [2.75, 3.05) is 0 Å². The van der Waals surface area contributed by atoms with E-state index in [1.54, 1.807) is 0 Å². The molecule has 0 atom stereocenters. The molecule has 0 fully saturated rings. The highest BCUT2D eigenvalue weighted by Crippen LogP contribution is 2.13. The van der Waals surface area contributed by atoms with Crippen LogP contribution in [-0.2, 0) is 7.05 Å². The summed E-state index contributed by atoms with van der Waals surface area (Å²) in [5.41, 5.74) is -0.292. The Bertz CT molecular complexity index is 343. The molecule has 0 aromatic carbocycles. The highest BCUT2D eigenvalue weighted by molar-refractivity contribution is 5.13. The molecular weight excluding hydrogens is 159 g/mol. The second-order valence-electron chi connectivity index (χ2n) is 3.00. The summed E-state index contributed by atoms with van der Waals surface area (Å²) in [5.74, 6) is -0.700. The fourth-order valence-corrected chi connectivity index (χ4v) is 0.926. The van der Waals surface area contributed by atoms with Crippen LogP contribution in [0.25, 0.3) is 0 Å². The van der Waals surface area contributed by atoms with Crippen molar-refractivity contribution in [2.45, 2.75) is 19.8 Å². The molecule has 66 valence electrons. The van der Waals surface area contributed by atoms with Gasteiger partial charge >= 0.3 is 5.56 Å². The molecule has 0 unspecified atom stereocenters. The van der Waals surface area contributed by atoms with Crippen molar-refractivity contribution in [3.63, 3.8) is 0 Å². The maximum Gasteiger partial charge on any atom is 0.302 e. The topological polar surface area (TPSA) is 34.9 Å². The van der Waals surface area contributed by atoms with Gasteiger partial charge in [0.2, 0.25) is 0 Å². The lowest BCUT2D eigenvalue weighted by atomic mass is 10.1. The smallest absolute Gasteiger partial charge is 0.264 e. The number of hydrogen-bond donors (Lipinski definition) is 0. The third kappa shape index (κ3) is 1.37. The first-order valence-electron chi connectivity index (χ1n) is 3.75. The molecule has 0 aliphatic rings. The Kier molecular flexibility index (Phi) is 2.26. The zero-order chi connectivity index (χ0) is 9.30. The van der Waals surface area contributed by atoms with Crippen LogP contribution in [0.1, 0.15) is 25.3 Å². The van der Waals surface area contributed by atoms with E-state index in [0.717, 1.165) is 4.68 Å². The van der Waals surface area contributed by atoms with E-state index in [9.17, 15) is 9.18 Å². The van der Waals surface area contributed by atoms with Crippen LogP contribution in [0.15, 0.2) is 11.0 Å². The molecule has 12 heavy (non-hydrogen) atoms. The van der Waals surface area contributed by atoms with Crippen molar-refractivity contribution in [1.29, 1.82) is 0 Å². The maximum atomic E-state index is 13.1. The highest BCUT2D eigenvalue weighted by Gasteiger charge is 2.11. The van der Waals surface area contributed by atoms with E-state index in [4.69, 9.17) is 0 Å². The van der Waals surface area contributed by atoms with E-state index in [-0.39, 0.29) is 5.92 Å². The van der Waals surface area contributed by atoms with Crippen LogP contribution in [0.2, 0.25) is 0 Å². The van der Waals surface area contributed by atoms with Gasteiger partial charge in [-0.3, -0.25) is 4.79 Å². The summed E-state index contributed by atoms with van der Waals surface area (Å²) in [6, 6.07) is 0. The van der Waals surface area contributed by atoms with Crippen LogP contribution in [-0.4, -0.2) is 9.78 Å². The Hall–Kier alpha value is -1.19. The molecule has 4 heteroatoms. The lowest BCUT2D eigenvalue weighted by molar-refractivity contribution is 0.537. The minimum Gasteiger partial charge on any atom is -0.264 e. The van der Waals surface area contributed by atoms with Crippen molar-refractivity contribution < 1.29 is 4.39 Å². The van der Waals surface area contributed by atoms with Crippen molar-refractivity contribution in [2.24, 2.45) is 7.05 Å². The summed E-state index contributed by atoms with van der Waals surface area (Å²) in [6.45, 7) is 3.64. The van der Waals surface area contributed by atoms with Crippen LogP contribution >= 0.6 is 0 Å². The summed E-state index contributed by atoms with van der Waals surface area (Å²) >= 11 is 0. The average molecular weight is 170 g/mol. The van der Waals surface area contributed by atoms with Gasteiger partial charge in [0, 0.05) is 12.6 Å². The molecule has 1 aromatic rings. The molecule has 0 radical (unpaired) electrons. The molecule has 0 N–H and O–H groups in total. The summed E-state index contributed by atoms with van der Waals surface area (Å²) in [5, 5.41) is 3.72. The Labute approximate surface area is 69.8 Å². The molecule has 0 aliphatic carbocycles. The van der Waals surface area contributed by atoms with Crippen LogP contribution < -0.4 is 5.56 Å². The molecule has 0 spiro atoms. The predicted molar refractivity (Wildman–Crippen MR) is 43.5 cm³/mol. The molecule has 3 nitrogen and oxygen atoms in total. The number of rotatable bonds is 1. The predicted octanol–water partition coefficient (Wildman–Crippen LogP) is 1.04. The molecule has 0 aliphatic heterocycles. The number of nitrogens with zero attached hydrogens (tertiary/aromatic N) is 2. The van der Waals surface area contributed by atoms with Gasteiger partial charge in [-0.1, -0.05) is 13.8 Å². The number of aromatic nitrogens is 2. The monoisotopic (exact) mass is 170 g/mol. The second-order valence-corrected chi connectivity index (χ2v) is 3.00. The van der Waals surface area contributed by atoms with Gasteiger partial charge in [0.05, 0.1) is 6.20 Å². The maximum absolute atomic E-state index is 13.1. The minimum atomic E-state index is -0.692. The molecule has 0 amide bonds.